The van der Waals surface area contributed by atoms with Crippen molar-refractivity contribution in [1.82, 2.24) is 15.0 Å². The second-order valence-electron chi connectivity index (χ2n) is 7.10. The molecule has 27 heavy (non-hydrogen) atoms. The van der Waals surface area contributed by atoms with Gasteiger partial charge in [0.2, 0.25) is 0 Å². The molecule has 4 rings (SSSR count). The second kappa shape index (κ2) is 6.83. The molecule has 8 heteroatoms. The van der Waals surface area contributed by atoms with Crippen LogP contribution in [-0.4, -0.2) is 31.6 Å². The molecule has 2 aromatic heterocycles. The van der Waals surface area contributed by atoms with E-state index in [-0.39, 0.29) is 30.1 Å². The van der Waals surface area contributed by atoms with Gasteiger partial charge in [-0.3, -0.25) is 0 Å². The fourth-order valence-electron chi connectivity index (χ4n) is 3.09. The van der Waals surface area contributed by atoms with Crippen LogP contribution in [-0.2, 0) is 6.54 Å². The highest BCUT2D eigenvalue weighted by Gasteiger charge is 2.38. The van der Waals surface area contributed by atoms with E-state index in [4.69, 9.17) is 10.7 Å². The molecule has 1 aliphatic carbocycles. The number of rotatable bonds is 5. The van der Waals surface area contributed by atoms with Crippen molar-refractivity contribution in [3.05, 3.63) is 41.2 Å². The normalized spacial score (nSPS) is 14.6. The Labute approximate surface area is 162 Å². The predicted octanol–water partition coefficient (Wildman–Crippen LogP) is 3.48. The van der Waals surface area contributed by atoms with Gasteiger partial charge in [0, 0.05) is 29.0 Å². The molecule has 142 valence electrons. The monoisotopic (exact) mass is 387 g/mol. The molecule has 7 nitrogen and oxygen atoms in total. The fraction of sp³-hybridized carbons (Fsp3) is 0.316. The van der Waals surface area contributed by atoms with E-state index in [1.165, 1.54) is 0 Å². The van der Waals surface area contributed by atoms with Crippen LogP contribution in [0.15, 0.2) is 24.3 Å². The molecule has 0 bridgehead atoms. The molecular weight excluding hydrogens is 366 g/mol. The third-order valence-corrected chi connectivity index (χ3v) is 4.91. The number of nitrogens with zero attached hydrogens (tertiary/aromatic N) is 2. The Bertz CT molecular complexity index is 1030. The van der Waals surface area contributed by atoms with Gasteiger partial charge < -0.3 is 21.1 Å². The van der Waals surface area contributed by atoms with Gasteiger partial charge in [0.1, 0.15) is 11.3 Å². The minimum Gasteiger partial charge on any atom is -0.478 e. The topological polar surface area (TPSA) is 117 Å². The van der Waals surface area contributed by atoms with Crippen LogP contribution in [0, 0.1) is 6.92 Å². The first-order valence-electron chi connectivity index (χ1n) is 8.61. The van der Waals surface area contributed by atoms with Crippen LogP contribution in [0.2, 0.25) is 0 Å². The predicted molar refractivity (Wildman–Crippen MR) is 107 cm³/mol. The number of hydrogen-bond acceptors (Lipinski definition) is 5. The SMILES string of the molecule is Cc1nc2cccc(-c3cc(C(=O)O)c(CN)[nH]3)c2nc1NC1(C)CC1.Cl. The zero-order valence-corrected chi connectivity index (χ0v) is 16.0. The summed E-state index contributed by atoms with van der Waals surface area (Å²) in [5, 5.41) is 12.9. The van der Waals surface area contributed by atoms with E-state index < -0.39 is 5.97 Å². The maximum absolute atomic E-state index is 11.4. The lowest BCUT2D eigenvalue weighted by atomic mass is 10.1. The Hall–Kier alpha value is -2.64. The molecule has 5 N–H and O–H groups in total. The highest BCUT2D eigenvalue weighted by Crippen LogP contribution is 2.39. The molecule has 0 unspecified atom stereocenters. The van der Waals surface area contributed by atoms with Gasteiger partial charge in [0.25, 0.3) is 0 Å². The Balaban J connectivity index is 0.00000210. The summed E-state index contributed by atoms with van der Waals surface area (Å²) in [5.74, 6) is -0.229. The van der Waals surface area contributed by atoms with Crippen molar-refractivity contribution < 1.29 is 9.90 Å². The maximum Gasteiger partial charge on any atom is 0.337 e. The van der Waals surface area contributed by atoms with Gasteiger partial charge in [-0.15, -0.1) is 12.4 Å². The highest BCUT2D eigenvalue weighted by molar-refractivity contribution is 5.95. The number of aromatic nitrogens is 3. The molecule has 1 aromatic carbocycles. The number of carbonyl (C=O) groups is 1. The summed E-state index contributed by atoms with van der Waals surface area (Å²) in [6.45, 7) is 4.24. The molecule has 0 aliphatic heterocycles. The zero-order valence-electron chi connectivity index (χ0n) is 15.2. The summed E-state index contributed by atoms with van der Waals surface area (Å²) >= 11 is 0. The van der Waals surface area contributed by atoms with Crippen LogP contribution in [0.25, 0.3) is 22.3 Å². The molecule has 1 fully saturated rings. The molecule has 1 saturated carbocycles. The highest BCUT2D eigenvalue weighted by atomic mass is 35.5. The number of nitrogens with one attached hydrogen (secondary N) is 2. The minimum atomic E-state index is -1.00. The third kappa shape index (κ3) is 3.48. The van der Waals surface area contributed by atoms with Crippen LogP contribution in [0.5, 0.6) is 0 Å². The average molecular weight is 388 g/mol. The summed E-state index contributed by atoms with van der Waals surface area (Å²) in [7, 11) is 0. The number of fused-ring (bicyclic) bond motifs is 1. The quantitative estimate of drug-likeness (QED) is 0.532. The lowest BCUT2D eigenvalue weighted by Crippen LogP contribution is -2.18. The number of aromatic amines is 1. The molecular formula is C19H22ClN5O2. The number of H-pyrrole nitrogens is 1. The van der Waals surface area contributed by atoms with Gasteiger partial charge in [0.05, 0.1) is 16.8 Å². The molecule has 0 saturated heterocycles. The van der Waals surface area contributed by atoms with Crippen LogP contribution in [0.4, 0.5) is 5.82 Å². The Kier molecular flexibility index (Phi) is 4.84. The molecule has 0 amide bonds. The Morgan fingerprint density at radius 3 is 2.70 bits per heavy atom. The summed E-state index contributed by atoms with van der Waals surface area (Å²) in [6.07, 6.45) is 2.23. The first kappa shape index (κ1) is 19.1. The number of carboxylic acid groups (broad SMARTS) is 1. The fourth-order valence-corrected chi connectivity index (χ4v) is 3.09. The lowest BCUT2D eigenvalue weighted by molar-refractivity contribution is 0.0696. The van der Waals surface area contributed by atoms with Crippen molar-refractivity contribution in [2.75, 3.05) is 5.32 Å². The number of anilines is 1. The van der Waals surface area contributed by atoms with E-state index in [2.05, 4.69) is 22.2 Å². The first-order chi connectivity index (χ1) is 12.4. The van der Waals surface area contributed by atoms with Gasteiger partial charge in [0.15, 0.2) is 0 Å². The second-order valence-corrected chi connectivity index (χ2v) is 7.10. The van der Waals surface area contributed by atoms with Crippen LogP contribution in [0.1, 0.15) is 41.5 Å². The Morgan fingerprint density at radius 2 is 2.11 bits per heavy atom. The molecule has 0 spiro atoms. The number of halogens is 1. The van der Waals surface area contributed by atoms with E-state index in [1.54, 1.807) is 6.07 Å². The third-order valence-electron chi connectivity index (χ3n) is 4.91. The van der Waals surface area contributed by atoms with E-state index in [9.17, 15) is 9.90 Å². The van der Waals surface area contributed by atoms with Gasteiger partial charge in [-0.1, -0.05) is 12.1 Å². The molecule has 1 aliphatic rings. The van der Waals surface area contributed by atoms with Crippen molar-refractivity contribution in [1.29, 1.82) is 0 Å². The van der Waals surface area contributed by atoms with Gasteiger partial charge in [-0.2, -0.15) is 0 Å². The van der Waals surface area contributed by atoms with E-state index in [0.29, 0.717) is 11.4 Å². The van der Waals surface area contributed by atoms with Crippen LogP contribution < -0.4 is 11.1 Å². The average Bonchev–Trinajstić information content (AvgIpc) is 3.17. The van der Waals surface area contributed by atoms with Gasteiger partial charge in [-0.25, -0.2) is 14.8 Å². The molecule has 3 aromatic rings. The van der Waals surface area contributed by atoms with Crippen molar-refractivity contribution >= 4 is 35.2 Å². The summed E-state index contributed by atoms with van der Waals surface area (Å²) < 4.78 is 0. The molecule has 2 heterocycles. The van der Waals surface area contributed by atoms with Crippen LogP contribution in [0.3, 0.4) is 0 Å². The van der Waals surface area contributed by atoms with Crippen molar-refractivity contribution in [3.63, 3.8) is 0 Å². The van der Waals surface area contributed by atoms with E-state index in [1.807, 2.05) is 25.1 Å². The van der Waals surface area contributed by atoms with Crippen molar-refractivity contribution in [3.8, 4) is 11.3 Å². The standard InChI is InChI=1S/C19H21N5O2.ClH/c1-10-17(24-19(2)6-7-19)23-16-11(4-3-5-13(16)21-10)14-8-12(18(25)26)15(9-20)22-14;/h3-5,8,22H,6-7,9,20H2,1-2H3,(H,23,24)(H,25,26);1H. The summed E-state index contributed by atoms with van der Waals surface area (Å²) in [6, 6.07) is 7.32. The van der Waals surface area contributed by atoms with Crippen molar-refractivity contribution in [2.24, 2.45) is 5.73 Å². The number of aryl methyl sites for hydroxylation is 1. The zero-order chi connectivity index (χ0) is 18.5. The van der Waals surface area contributed by atoms with Gasteiger partial charge >= 0.3 is 5.97 Å². The smallest absolute Gasteiger partial charge is 0.337 e. The number of hydrogen-bond donors (Lipinski definition) is 4. The summed E-state index contributed by atoms with van der Waals surface area (Å²) in [5.41, 5.74) is 10.3. The Morgan fingerprint density at radius 1 is 1.37 bits per heavy atom. The lowest BCUT2D eigenvalue weighted by Gasteiger charge is -2.15. The van der Waals surface area contributed by atoms with Gasteiger partial charge in [-0.05, 0) is 38.8 Å². The number of aromatic carboxylic acids is 1. The number of nitrogens with two attached hydrogens (primary N) is 1. The number of carboxylic acids is 1. The number of benzene rings is 1. The maximum atomic E-state index is 11.4. The largest absolute Gasteiger partial charge is 0.478 e. The van der Waals surface area contributed by atoms with Crippen LogP contribution >= 0.6 is 12.4 Å². The molecule has 0 atom stereocenters. The van der Waals surface area contributed by atoms with E-state index in [0.717, 1.165) is 41.0 Å². The van der Waals surface area contributed by atoms with Crippen molar-refractivity contribution in [2.45, 2.75) is 38.8 Å². The van der Waals surface area contributed by atoms with E-state index >= 15 is 0 Å². The molecule has 0 radical (unpaired) electrons. The number of para-hydroxylation sites is 1. The minimum absolute atomic E-state index is 0. The first-order valence-corrected chi connectivity index (χ1v) is 8.61. The summed E-state index contributed by atoms with van der Waals surface area (Å²) in [4.78, 5) is 24.1.